The third kappa shape index (κ3) is 4.50. The lowest BCUT2D eigenvalue weighted by Gasteiger charge is -2.21. The molecule has 3 nitrogen and oxygen atoms in total. The monoisotopic (exact) mass is 277 g/mol. The summed E-state index contributed by atoms with van der Waals surface area (Å²) in [6.45, 7) is 8.09. The van der Waals surface area contributed by atoms with Gasteiger partial charge in [0.2, 0.25) is 0 Å². The third-order valence-electron chi connectivity index (χ3n) is 3.94. The highest BCUT2D eigenvalue weighted by molar-refractivity contribution is 5.28. The molecule has 20 heavy (non-hydrogen) atoms. The van der Waals surface area contributed by atoms with E-state index >= 15 is 0 Å². The molecule has 0 spiro atoms. The van der Waals surface area contributed by atoms with Gasteiger partial charge in [-0.3, -0.25) is 0 Å². The molecule has 3 heteroatoms. The minimum absolute atomic E-state index is 0.178. The van der Waals surface area contributed by atoms with Crippen molar-refractivity contribution in [3.05, 3.63) is 29.8 Å². The Hall–Kier alpha value is -1.06. The fourth-order valence-corrected chi connectivity index (χ4v) is 2.57. The lowest BCUT2D eigenvalue weighted by Crippen LogP contribution is -2.27. The maximum Gasteiger partial charge on any atom is 0.119 e. The van der Waals surface area contributed by atoms with Gasteiger partial charge in [0.15, 0.2) is 0 Å². The van der Waals surface area contributed by atoms with Crippen LogP contribution in [-0.4, -0.2) is 36.2 Å². The van der Waals surface area contributed by atoms with E-state index < -0.39 is 6.10 Å². The van der Waals surface area contributed by atoms with Gasteiger partial charge in [-0.1, -0.05) is 19.1 Å². The predicted octanol–water partition coefficient (Wildman–Crippen LogP) is 3.10. The van der Waals surface area contributed by atoms with Crippen molar-refractivity contribution in [2.24, 2.45) is 11.8 Å². The number of likely N-dealkylation sites (N-methyl/N-ethyl adjacent to an activating group) is 1. The number of aliphatic hydroxyl groups is 1. The zero-order valence-electron chi connectivity index (χ0n) is 13.0. The van der Waals surface area contributed by atoms with E-state index in [9.17, 15) is 5.11 Å². The van der Waals surface area contributed by atoms with Crippen LogP contribution in [0.25, 0.3) is 0 Å². The van der Waals surface area contributed by atoms with Crippen molar-refractivity contribution < 1.29 is 9.84 Å². The molecule has 2 rings (SSSR count). The second kappa shape index (κ2) is 6.59. The molecule has 3 unspecified atom stereocenters. The average Bonchev–Trinajstić information content (AvgIpc) is 3.04. The van der Waals surface area contributed by atoms with Gasteiger partial charge in [-0.25, -0.2) is 0 Å². The number of hydrogen-bond acceptors (Lipinski definition) is 3. The average molecular weight is 277 g/mol. The number of hydrogen-bond donors (Lipinski definition) is 1. The topological polar surface area (TPSA) is 32.7 Å². The number of nitrogens with zero attached hydrogens (tertiary/aromatic N) is 1. The van der Waals surface area contributed by atoms with E-state index in [1.54, 1.807) is 0 Å². The molecule has 1 aromatic rings. The van der Waals surface area contributed by atoms with E-state index in [1.165, 1.54) is 6.42 Å². The summed E-state index contributed by atoms with van der Waals surface area (Å²) in [4.78, 5) is 2.23. The summed E-state index contributed by atoms with van der Waals surface area (Å²) in [6, 6.07) is 7.77. The minimum atomic E-state index is -0.429. The Bertz CT molecular complexity index is 416. The molecule has 112 valence electrons. The lowest BCUT2D eigenvalue weighted by molar-refractivity contribution is 0.124. The minimum Gasteiger partial charge on any atom is -0.491 e. The van der Waals surface area contributed by atoms with Gasteiger partial charge in [-0.05, 0) is 56.8 Å². The zero-order chi connectivity index (χ0) is 14.7. The van der Waals surface area contributed by atoms with E-state index in [2.05, 4.69) is 18.9 Å². The molecular formula is C17H27NO2. The molecule has 0 bridgehead atoms. The van der Waals surface area contributed by atoms with Crippen LogP contribution in [0.4, 0.5) is 0 Å². The SMILES string of the molecule is CC(C)Oc1ccc(C(O)CN(C)CC2CC2C)cc1. The Morgan fingerprint density at radius 1 is 1.30 bits per heavy atom. The van der Waals surface area contributed by atoms with Crippen molar-refractivity contribution >= 4 is 0 Å². The van der Waals surface area contributed by atoms with Crippen molar-refractivity contribution in [2.75, 3.05) is 20.1 Å². The molecule has 0 radical (unpaired) electrons. The first-order valence-corrected chi connectivity index (χ1v) is 7.59. The number of ether oxygens (including phenoxy) is 1. The van der Waals surface area contributed by atoms with Crippen LogP contribution in [0.5, 0.6) is 5.75 Å². The van der Waals surface area contributed by atoms with Gasteiger partial charge in [0.1, 0.15) is 5.75 Å². The summed E-state index contributed by atoms with van der Waals surface area (Å²) >= 11 is 0. The number of aliphatic hydroxyl groups excluding tert-OH is 1. The van der Waals surface area contributed by atoms with E-state index in [0.717, 1.165) is 29.7 Å². The van der Waals surface area contributed by atoms with Crippen LogP contribution in [0.1, 0.15) is 38.9 Å². The van der Waals surface area contributed by atoms with E-state index in [-0.39, 0.29) is 6.10 Å². The van der Waals surface area contributed by atoms with Gasteiger partial charge in [-0.15, -0.1) is 0 Å². The van der Waals surface area contributed by atoms with Crippen molar-refractivity contribution in [1.82, 2.24) is 4.90 Å². The lowest BCUT2D eigenvalue weighted by atomic mass is 10.1. The summed E-state index contributed by atoms with van der Waals surface area (Å²) < 4.78 is 5.61. The maximum absolute atomic E-state index is 10.3. The first kappa shape index (κ1) is 15.3. The van der Waals surface area contributed by atoms with Crippen LogP contribution >= 0.6 is 0 Å². The Morgan fingerprint density at radius 3 is 2.40 bits per heavy atom. The Kier molecular flexibility index (Phi) is 5.06. The second-order valence-corrected chi connectivity index (χ2v) is 6.45. The molecule has 0 heterocycles. The molecule has 0 aromatic heterocycles. The van der Waals surface area contributed by atoms with Gasteiger partial charge < -0.3 is 14.7 Å². The molecule has 0 aliphatic heterocycles. The van der Waals surface area contributed by atoms with E-state index in [1.807, 2.05) is 38.1 Å². The molecule has 1 aliphatic carbocycles. The molecular weight excluding hydrogens is 250 g/mol. The summed E-state index contributed by atoms with van der Waals surface area (Å²) in [7, 11) is 2.09. The fourth-order valence-electron chi connectivity index (χ4n) is 2.57. The van der Waals surface area contributed by atoms with Gasteiger partial charge in [0.25, 0.3) is 0 Å². The highest BCUT2D eigenvalue weighted by Gasteiger charge is 2.33. The fraction of sp³-hybridized carbons (Fsp3) is 0.647. The number of rotatable bonds is 7. The Balaban J connectivity index is 1.83. The molecule has 1 aliphatic rings. The van der Waals surface area contributed by atoms with Crippen LogP contribution in [0.3, 0.4) is 0 Å². The smallest absolute Gasteiger partial charge is 0.119 e. The van der Waals surface area contributed by atoms with Crippen molar-refractivity contribution in [3.63, 3.8) is 0 Å². The van der Waals surface area contributed by atoms with E-state index in [4.69, 9.17) is 4.74 Å². The van der Waals surface area contributed by atoms with Crippen LogP contribution in [-0.2, 0) is 0 Å². The summed E-state index contributed by atoms with van der Waals surface area (Å²) in [6.07, 6.45) is 1.08. The van der Waals surface area contributed by atoms with Crippen molar-refractivity contribution in [2.45, 2.75) is 39.4 Å². The summed E-state index contributed by atoms with van der Waals surface area (Å²) in [5.74, 6) is 2.55. The standard InChI is InChI=1S/C17H27NO2/c1-12(2)20-16-7-5-14(6-8-16)17(19)11-18(4)10-15-9-13(15)3/h5-8,12-13,15,17,19H,9-11H2,1-4H3. The normalized spacial score (nSPS) is 23.1. The molecule has 1 aromatic carbocycles. The molecule has 1 N–H and O–H groups in total. The third-order valence-corrected chi connectivity index (χ3v) is 3.94. The summed E-state index contributed by atoms with van der Waals surface area (Å²) in [5.41, 5.74) is 0.955. The molecule has 1 saturated carbocycles. The van der Waals surface area contributed by atoms with Crippen molar-refractivity contribution in [3.8, 4) is 5.75 Å². The zero-order valence-corrected chi connectivity index (χ0v) is 13.0. The van der Waals surface area contributed by atoms with Gasteiger partial charge in [0.05, 0.1) is 12.2 Å². The van der Waals surface area contributed by atoms with Crippen LogP contribution in [0.2, 0.25) is 0 Å². The van der Waals surface area contributed by atoms with Crippen LogP contribution < -0.4 is 4.74 Å². The first-order valence-electron chi connectivity index (χ1n) is 7.59. The van der Waals surface area contributed by atoms with Crippen molar-refractivity contribution in [1.29, 1.82) is 0 Å². The largest absolute Gasteiger partial charge is 0.491 e. The summed E-state index contributed by atoms with van der Waals surface area (Å²) in [5, 5.41) is 10.3. The molecule has 0 amide bonds. The first-order chi connectivity index (χ1) is 9.45. The molecule has 0 saturated heterocycles. The molecule has 1 fully saturated rings. The number of benzene rings is 1. The maximum atomic E-state index is 10.3. The highest BCUT2D eigenvalue weighted by atomic mass is 16.5. The highest BCUT2D eigenvalue weighted by Crippen LogP contribution is 2.38. The van der Waals surface area contributed by atoms with Gasteiger partial charge >= 0.3 is 0 Å². The quantitative estimate of drug-likeness (QED) is 0.831. The Labute approximate surface area is 122 Å². The molecule has 3 atom stereocenters. The predicted molar refractivity (Wildman–Crippen MR) is 81.9 cm³/mol. The van der Waals surface area contributed by atoms with Crippen LogP contribution in [0.15, 0.2) is 24.3 Å². The second-order valence-electron chi connectivity index (χ2n) is 6.45. The van der Waals surface area contributed by atoms with Gasteiger partial charge in [-0.2, -0.15) is 0 Å². The Morgan fingerprint density at radius 2 is 1.90 bits per heavy atom. The van der Waals surface area contributed by atoms with E-state index in [0.29, 0.717) is 6.54 Å². The van der Waals surface area contributed by atoms with Crippen LogP contribution in [0, 0.1) is 11.8 Å². The van der Waals surface area contributed by atoms with Gasteiger partial charge in [0, 0.05) is 13.1 Å².